The van der Waals surface area contributed by atoms with Crippen LogP contribution in [-0.2, 0) is 29.2 Å². The van der Waals surface area contributed by atoms with Gasteiger partial charge < -0.3 is 0 Å². The predicted octanol–water partition coefficient (Wildman–Crippen LogP) is 16.6. The Bertz CT molecular complexity index is 3200. The van der Waals surface area contributed by atoms with E-state index in [0.717, 1.165) is 25.7 Å². The summed E-state index contributed by atoms with van der Waals surface area (Å²) in [5.74, 6) is 0.404. The normalized spacial score (nSPS) is 16.7. The molecule has 4 heteroatoms. The average molecular weight is 1050 g/mol. The van der Waals surface area contributed by atoms with Crippen LogP contribution in [0.15, 0.2) is 187 Å². The molecule has 0 spiro atoms. The van der Waals surface area contributed by atoms with E-state index in [-0.39, 0.29) is 19.1 Å². The molecule has 0 nitrogen and oxygen atoms in total. The van der Waals surface area contributed by atoms with Gasteiger partial charge in [-0.2, -0.15) is 0 Å². The number of benzene rings is 8. The Hall–Kier alpha value is -5.08. The summed E-state index contributed by atoms with van der Waals surface area (Å²) in [6, 6.07) is 66.0. The number of hydrogen-bond acceptors (Lipinski definition) is 0. The molecular formula is C66H63Cl2SiZr. The molecule has 0 bridgehead atoms. The Morgan fingerprint density at radius 1 is 0.443 bits per heavy atom. The van der Waals surface area contributed by atoms with Crippen LogP contribution < -0.4 is 13.6 Å². The predicted molar refractivity (Wildman–Crippen MR) is 305 cm³/mol. The summed E-state index contributed by atoms with van der Waals surface area (Å²) in [6.07, 6.45) is 9.23. The van der Waals surface area contributed by atoms with Crippen LogP contribution in [0.1, 0.15) is 95.0 Å². The monoisotopic (exact) mass is 1040 g/mol. The summed E-state index contributed by atoms with van der Waals surface area (Å²) in [7, 11) is 18.4. The maximum absolute atomic E-state index is 9.66. The molecule has 0 aromatic heterocycles. The first-order valence-corrected chi connectivity index (χ1v) is 37.7. The first-order valence-electron chi connectivity index (χ1n) is 25.8. The van der Waals surface area contributed by atoms with E-state index >= 15 is 0 Å². The number of hydrogen-bond donors (Lipinski definition) is 0. The van der Waals surface area contributed by atoms with Gasteiger partial charge in [-0.3, -0.25) is 0 Å². The van der Waals surface area contributed by atoms with Gasteiger partial charge in [0, 0.05) is 0 Å². The van der Waals surface area contributed by atoms with Crippen LogP contribution in [0.2, 0.25) is 0 Å². The fourth-order valence-electron chi connectivity index (χ4n) is 13.0. The van der Waals surface area contributed by atoms with Gasteiger partial charge in [0.1, 0.15) is 0 Å². The maximum atomic E-state index is 9.66. The van der Waals surface area contributed by atoms with Gasteiger partial charge in [0.25, 0.3) is 0 Å². The van der Waals surface area contributed by atoms with E-state index in [1.165, 1.54) is 114 Å². The number of fused-ring (bicyclic) bond motifs is 5. The molecule has 2 unspecified atom stereocenters. The van der Waals surface area contributed by atoms with E-state index in [2.05, 4.69) is 230 Å². The van der Waals surface area contributed by atoms with E-state index in [1.807, 2.05) is 0 Å². The van der Waals surface area contributed by atoms with Gasteiger partial charge in [-0.05, 0) is 0 Å². The van der Waals surface area contributed by atoms with Gasteiger partial charge in [0.2, 0.25) is 0 Å². The van der Waals surface area contributed by atoms with Crippen LogP contribution >= 0.6 is 17.0 Å². The minimum atomic E-state index is -5.87. The van der Waals surface area contributed by atoms with Crippen molar-refractivity contribution in [1.29, 1.82) is 0 Å². The van der Waals surface area contributed by atoms with Crippen LogP contribution in [0, 0.1) is 11.8 Å². The zero-order valence-electron chi connectivity index (χ0n) is 41.5. The summed E-state index contributed by atoms with van der Waals surface area (Å²) >= 11 is -5.87. The van der Waals surface area contributed by atoms with Crippen LogP contribution in [0.25, 0.3) is 67.8 Å². The molecule has 0 radical (unpaired) electrons. The van der Waals surface area contributed by atoms with Crippen molar-refractivity contribution in [1.82, 2.24) is 0 Å². The Morgan fingerprint density at radius 2 is 0.857 bits per heavy atom. The van der Waals surface area contributed by atoms with Gasteiger partial charge in [-0.15, -0.1) is 0 Å². The second-order valence-electron chi connectivity index (χ2n) is 20.8. The second kappa shape index (κ2) is 18.8. The fraction of sp³-hybridized carbons (Fsp3) is 0.212. The van der Waals surface area contributed by atoms with Gasteiger partial charge in [0.05, 0.1) is 0 Å². The van der Waals surface area contributed by atoms with Crippen molar-refractivity contribution < 1.29 is 16.4 Å². The summed E-state index contributed by atoms with van der Waals surface area (Å²) in [4.78, 5) is 0. The Kier molecular flexibility index (Phi) is 12.7. The Morgan fingerprint density at radius 3 is 1.31 bits per heavy atom. The summed E-state index contributed by atoms with van der Waals surface area (Å²) < 4.78 is 0.943. The average Bonchev–Trinajstić information content (AvgIpc) is 4.11. The van der Waals surface area contributed by atoms with E-state index in [4.69, 9.17) is 0 Å². The molecule has 349 valence electrons. The molecule has 1 heterocycles. The van der Waals surface area contributed by atoms with Crippen molar-refractivity contribution in [2.45, 2.75) is 74.5 Å². The first-order chi connectivity index (χ1) is 34.0. The second-order valence-corrected chi connectivity index (χ2v) is 43.2. The van der Waals surface area contributed by atoms with Crippen LogP contribution in [0.3, 0.4) is 0 Å². The van der Waals surface area contributed by atoms with E-state index in [1.54, 1.807) is 0 Å². The number of aryl methyl sites for hydroxylation is 2. The summed E-state index contributed by atoms with van der Waals surface area (Å²) in [5.41, 5.74) is 23.6. The quantitative estimate of drug-likeness (QED) is 0.101. The molecule has 0 fully saturated rings. The zero-order chi connectivity index (χ0) is 48.3. The van der Waals surface area contributed by atoms with Crippen LogP contribution in [-0.4, -0.2) is 9.52 Å². The van der Waals surface area contributed by atoms with Crippen molar-refractivity contribution in [2.24, 2.45) is 11.8 Å². The molecule has 70 heavy (non-hydrogen) atoms. The fourth-order valence-corrected chi connectivity index (χ4v) is 41.3. The summed E-state index contributed by atoms with van der Waals surface area (Å²) in [5, 5.41) is 2.95. The Balaban J connectivity index is 1.24. The van der Waals surface area contributed by atoms with E-state index in [0.29, 0.717) is 0 Å². The third-order valence-electron chi connectivity index (χ3n) is 16.0. The van der Waals surface area contributed by atoms with Crippen molar-refractivity contribution in [3.63, 3.8) is 0 Å². The van der Waals surface area contributed by atoms with E-state index < -0.39 is 25.9 Å². The molecule has 0 saturated heterocycles. The molecule has 2 atom stereocenters. The molecule has 8 aromatic rings. The summed E-state index contributed by atoms with van der Waals surface area (Å²) in [6.45, 7) is 14.2. The molecule has 0 saturated carbocycles. The topological polar surface area (TPSA) is 0 Å². The van der Waals surface area contributed by atoms with Gasteiger partial charge in [-0.1, -0.05) is 0 Å². The van der Waals surface area contributed by atoms with Crippen LogP contribution in [0.5, 0.6) is 0 Å². The van der Waals surface area contributed by atoms with Crippen molar-refractivity contribution in [2.75, 3.05) is 0 Å². The number of halogens is 2. The molecule has 1 aliphatic heterocycles. The SMILES string of the molecule is CCCc1ccc2c(c1-c1ccccc1-c1ccccc1)C=C(C(C)C)[CH]2[Zr]([Cl])([Cl])([c]1cccc2c1[SiH2]c1ccccc1-2)[CH]1C(C(C)C)=Cc2c1ccc(CCC)c2-c1ccccc1-c1ccccc1. The first kappa shape index (κ1) is 47.3. The molecular weight excluding hydrogens is 983 g/mol. The molecule has 2 aliphatic carbocycles. The molecule has 8 aromatic carbocycles. The zero-order valence-corrected chi connectivity index (χ0v) is 46.9. The Labute approximate surface area is 427 Å². The van der Waals surface area contributed by atoms with E-state index in [9.17, 15) is 17.0 Å². The molecule has 11 rings (SSSR count). The van der Waals surface area contributed by atoms with Crippen molar-refractivity contribution in [3.05, 3.63) is 220 Å². The van der Waals surface area contributed by atoms with Gasteiger partial charge in [-0.25, -0.2) is 0 Å². The molecule has 0 amide bonds. The third-order valence-corrected chi connectivity index (χ3v) is 38.6. The minimum absolute atomic E-state index is 0.171. The third kappa shape index (κ3) is 7.62. The standard InChI is InChI=1S/2C27H27.C12H9Si.2ClH.Zr/c2*1-4-10-21-15-16-22-17-23(19(2)3)18-26(22)27(21)25-14-9-8-13-24(25)20-11-6-5-7-12-20;1-3-7-11-9(5-1)10-6-2-4-8-12(10)13-11;;;/h2*5-9,11-19H,4,10H2,1-3H3;1-7H,13H2;2*1H;/q;;;;;+2/p-2. The molecule has 0 N–H and O–H groups in total. The molecule has 3 aliphatic rings. The number of rotatable bonds is 13. The van der Waals surface area contributed by atoms with Gasteiger partial charge in [0.15, 0.2) is 0 Å². The number of allylic oxidation sites excluding steroid dienone is 2. The van der Waals surface area contributed by atoms with Crippen molar-refractivity contribution >= 4 is 52.3 Å². The van der Waals surface area contributed by atoms with Crippen LogP contribution in [0.4, 0.5) is 0 Å². The van der Waals surface area contributed by atoms with Crippen molar-refractivity contribution in [3.8, 4) is 55.6 Å². The van der Waals surface area contributed by atoms with Gasteiger partial charge >= 0.3 is 431 Å².